The minimum absolute atomic E-state index is 0.538. The number of unbranched alkanes of at least 4 members (excludes halogenated alkanes) is 8. The molecule has 0 radical (unpaired) electrons. The number of hydrogen-bond donors (Lipinski definition) is 1. The first kappa shape index (κ1) is 21.1. The van der Waals surface area contributed by atoms with Crippen molar-refractivity contribution in [1.82, 2.24) is 0 Å². The maximum atomic E-state index is 10.4. The van der Waals surface area contributed by atoms with Gasteiger partial charge in [0.15, 0.2) is 0 Å². The molecule has 0 bridgehead atoms. The van der Waals surface area contributed by atoms with Crippen molar-refractivity contribution in [3.05, 3.63) is 28.8 Å². The fraction of sp³-hybridized carbons (Fsp3) is 0.739. The van der Waals surface area contributed by atoms with Crippen LogP contribution in [0.1, 0.15) is 108 Å². The highest BCUT2D eigenvalue weighted by molar-refractivity contribution is 5.45. The maximum absolute atomic E-state index is 10.4. The number of aromatic hydroxyl groups is 1. The predicted molar refractivity (Wildman–Crippen MR) is 107 cm³/mol. The lowest BCUT2D eigenvalue weighted by atomic mass is 9.89. The second-order valence-electron chi connectivity index (χ2n) is 7.28. The van der Waals surface area contributed by atoms with Crippen molar-refractivity contribution in [3.63, 3.8) is 0 Å². The Kier molecular flexibility index (Phi) is 11.7. The molecule has 24 heavy (non-hydrogen) atoms. The van der Waals surface area contributed by atoms with Gasteiger partial charge in [0, 0.05) is 0 Å². The summed E-state index contributed by atoms with van der Waals surface area (Å²) in [5.74, 6) is 0.538. The van der Waals surface area contributed by atoms with Crippen LogP contribution in [0.3, 0.4) is 0 Å². The zero-order chi connectivity index (χ0) is 17.6. The van der Waals surface area contributed by atoms with Crippen molar-refractivity contribution in [2.75, 3.05) is 0 Å². The Morgan fingerprint density at radius 1 is 0.583 bits per heavy atom. The molecule has 0 saturated carbocycles. The lowest BCUT2D eigenvalue weighted by Crippen LogP contribution is -2.02. The summed E-state index contributed by atoms with van der Waals surface area (Å²) >= 11 is 0. The molecule has 0 atom stereocenters. The Hall–Kier alpha value is -0.980. The van der Waals surface area contributed by atoms with E-state index in [1.165, 1.54) is 93.7 Å². The topological polar surface area (TPSA) is 20.2 Å². The van der Waals surface area contributed by atoms with Gasteiger partial charge in [-0.15, -0.1) is 0 Å². The van der Waals surface area contributed by atoms with Crippen LogP contribution in [0.25, 0.3) is 0 Å². The molecule has 0 aliphatic heterocycles. The molecule has 1 rings (SSSR count). The van der Waals surface area contributed by atoms with Crippen LogP contribution in [0, 0.1) is 0 Å². The predicted octanol–water partition coefficient (Wildman–Crippen LogP) is 7.37. The number of aryl methyl sites for hydroxylation is 1. The van der Waals surface area contributed by atoms with Gasteiger partial charge in [0.25, 0.3) is 0 Å². The molecule has 1 heteroatoms. The van der Waals surface area contributed by atoms with Crippen LogP contribution in [0.2, 0.25) is 0 Å². The van der Waals surface area contributed by atoms with E-state index in [0.717, 1.165) is 12.8 Å². The van der Waals surface area contributed by atoms with E-state index in [-0.39, 0.29) is 0 Å². The highest BCUT2D eigenvalue weighted by atomic mass is 16.3. The number of phenols is 1. The Bertz CT molecular complexity index is 436. The third kappa shape index (κ3) is 7.73. The summed E-state index contributed by atoms with van der Waals surface area (Å²) in [6, 6.07) is 4.13. The summed E-state index contributed by atoms with van der Waals surface area (Å²) < 4.78 is 0. The Labute approximate surface area is 150 Å². The summed E-state index contributed by atoms with van der Waals surface area (Å²) in [7, 11) is 0. The molecule has 1 nitrogen and oxygen atoms in total. The molecular formula is C23H40O. The molecule has 0 aliphatic carbocycles. The molecule has 1 N–H and O–H groups in total. The molecule has 0 aliphatic rings. The highest BCUT2D eigenvalue weighted by Gasteiger charge is 2.12. The smallest absolute Gasteiger partial charge is 0.119 e. The fourth-order valence-corrected chi connectivity index (χ4v) is 3.55. The zero-order valence-corrected chi connectivity index (χ0v) is 16.5. The van der Waals surface area contributed by atoms with Crippen molar-refractivity contribution in [2.24, 2.45) is 0 Å². The van der Waals surface area contributed by atoms with Gasteiger partial charge in [-0.25, -0.2) is 0 Å². The van der Waals surface area contributed by atoms with Gasteiger partial charge in [0.05, 0.1) is 0 Å². The van der Waals surface area contributed by atoms with Crippen molar-refractivity contribution >= 4 is 0 Å². The normalized spacial score (nSPS) is 11.1. The van der Waals surface area contributed by atoms with Gasteiger partial charge in [-0.05, 0) is 61.3 Å². The standard InChI is InChI=1S/C23H40O/c1-4-7-10-12-14-17-22-21(16-13-11-8-5-2)20(15-9-6-3)18-19-23(22)24/h18-19,24H,4-17H2,1-3H3. The SMILES string of the molecule is CCCCCCCc1c(O)ccc(CCCC)c1CCCCCC. The average molecular weight is 333 g/mol. The monoisotopic (exact) mass is 332 g/mol. The minimum Gasteiger partial charge on any atom is -0.508 e. The van der Waals surface area contributed by atoms with Crippen molar-refractivity contribution in [3.8, 4) is 5.75 Å². The van der Waals surface area contributed by atoms with Gasteiger partial charge in [-0.3, -0.25) is 0 Å². The molecular weight excluding hydrogens is 292 g/mol. The van der Waals surface area contributed by atoms with E-state index in [1.807, 2.05) is 6.07 Å². The van der Waals surface area contributed by atoms with Crippen LogP contribution in [-0.2, 0) is 19.3 Å². The third-order valence-corrected chi connectivity index (χ3v) is 5.11. The number of benzene rings is 1. The van der Waals surface area contributed by atoms with E-state index in [4.69, 9.17) is 0 Å². The van der Waals surface area contributed by atoms with Crippen molar-refractivity contribution < 1.29 is 5.11 Å². The molecule has 0 fully saturated rings. The fourth-order valence-electron chi connectivity index (χ4n) is 3.55. The van der Waals surface area contributed by atoms with Crippen LogP contribution in [0.4, 0.5) is 0 Å². The van der Waals surface area contributed by atoms with Crippen molar-refractivity contribution in [2.45, 2.75) is 111 Å². The summed E-state index contributed by atoms with van der Waals surface area (Å²) in [6.07, 6.45) is 17.5. The first-order valence-electron chi connectivity index (χ1n) is 10.6. The summed E-state index contributed by atoms with van der Waals surface area (Å²) in [5.41, 5.74) is 4.24. The molecule has 0 spiro atoms. The Balaban J connectivity index is 2.78. The molecule has 1 aromatic carbocycles. The minimum atomic E-state index is 0.538. The van der Waals surface area contributed by atoms with Gasteiger partial charge >= 0.3 is 0 Å². The van der Waals surface area contributed by atoms with E-state index >= 15 is 0 Å². The van der Waals surface area contributed by atoms with Crippen LogP contribution < -0.4 is 0 Å². The van der Waals surface area contributed by atoms with E-state index in [2.05, 4.69) is 26.8 Å². The van der Waals surface area contributed by atoms with Crippen LogP contribution in [0.15, 0.2) is 12.1 Å². The lowest BCUT2D eigenvalue weighted by Gasteiger charge is -2.17. The number of hydrogen-bond acceptors (Lipinski definition) is 1. The van der Waals surface area contributed by atoms with Crippen LogP contribution >= 0.6 is 0 Å². The van der Waals surface area contributed by atoms with Gasteiger partial charge in [-0.2, -0.15) is 0 Å². The van der Waals surface area contributed by atoms with Gasteiger partial charge in [0.2, 0.25) is 0 Å². The van der Waals surface area contributed by atoms with E-state index in [0.29, 0.717) is 5.75 Å². The largest absolute Gasteiger partial charge is 0.508 e. The van der Waals surface area contributed by atoms with Crippen LogP contribution in [-0.4, -0.2) is 5.11 Å². The van der Waals surface area contributed by atoms with E-state index in [9.17, 15) is 5.11 Å². The van der Waals surface area contributed by atoms with Gasteiger partial charge in [0.1, 0.15) is 5.75 Å². The van der Waals surface area contributed by atoms with Crippen molar-refractivity contribution in [1.29, 1.82) is 0 Å². The Morgan fingerprint density at radius 3 is 1.75 bits per heavy atom. The molecule has 1 aromatic rings. The summed E-state index contributed by atoms with van der Waals surface area (Å²) in [4.78, 5) is 0. The lowest BCUT2D eigenvalue weighted by molar-refractivity contribution is 0.463. The zero-order valence-electron chi connectivity index (χ0n) is 16.5. The van der Waals surface area contributed by atoms with Gasteiger partial charge in [-0.1, -0.05) is 78.2 Å². The van der Waals surface area contributed by atoms with Crippen LogP contribution in [0.5, 0.6) is 5.75 Å². The van der Waals surface area contributed by atoms with E-state index < -0.39 is 0 Å². The second kappa shape index (κ2) is 13.3. The second-order valence-corrected chi connectivity index (χ2v) is 7.28. The molecule has 0 heterocycles. The Morgan fingerprint density at radius 2 is 1.12 bits per heavy atom. The quantitative estimate of drug-likeness (QED) is 0.352. The first-order chi connectivity index (χ1) is 11.7. The molecule has 138 valence electrons. The molecule has 0 saturated heterocycles. The molecule has 0 aromatic heterocycles. The third-order valence-electron chi connectivity index (χ3n) is 5.11. The summed E-state index contributed by atoms with van der Waals surface area (Å²) in [5, 5.41) is 10.4. The molecule has 0 unspecified atom stereocenters. The number of rotatable bonds is 14. The molecule has 0 amide bonds. The van der Waals surface area contributed by atoms with Gasteiger partial charge < -0.3 is 5.11 Å². The maximum Gasteiger partial charge on any atom is 0.119 e. The number of phenolic OH excluding ortho intramolecular Hbond substituents is 1. The summed E-state index contributed by atoms with van der Waals surface area (Å²) in [6.45, 7) is 6.79. The highest BCUT2D eigenvalue weighted by Crippen LogP contribution is 2.29. The first-order valence-corrected chi connectivity index (χ1v) is 10.6. The van der Waals surface area contributed by atoms with E-state index in [1.54, 1.807) is 0 Å². The average Bonchev–Trinajstić information content (AvgIpc) is 2.59.